The van der Waals surface area contributed by atoms with Gasteiger partial charge in [0.15, 0.2) is 0 Å². The third kappa shape index (κ3) is 2.46. The summed E-state index contributed by atoms with van der Waals surface area (Å²) in [7, 11) is 0. The van der Waals surface area contributed by atoms with Crippen LogP contribution in [0.4, 0.5) is 0 Å². The minimum absolute atomic E-state index is 0.621. The van der Waals surface area contributed by atoms with Gasteiger partial charge in [0, 0.05) is 18.2 Å². The summed E-state index contributed by atoms with van der Waals surface area (Å²) in [5.74, 6) is -0.781. The average molecular weight is 223 g/mol. The maximum atomic E-state index is 10.7. The number of carbonyl (C=O) groups is 1. The Kier molecular flexibility index (Phi) is 3.64. The lowest BCUT2D eigenvalue weighted by atomic mass is 9.96. The second-order valence-electron chi connectivity index (χ2n) is 5.03. The number of carboxylic acid groups (broad SMARTS) is 1. The molecule has 2 aliphatic heterocycles. The van der Waals surface area contributed by atoms with Crippen molar-refractivity contribution in [3.05, 3.63) is 11.6 Å². The number of hydrogen-bond donors (Lipinski definition) is 1. The van der Waals surface area contributed by atoms with E-state index in [1.54, 1.807) is 0 Å². The fourth-order valence-corrected chi connectivity index (χ4v) is 3.14. The zero-order valence-corrected chi connectivity index (χ0v) is 9.98. The molecule has 2 heterocycles. The summed E-state index contributed by atoms with van der Waals surface area (Å²) in [5, 5.41) is 8.78. The van der Waals surface area contributed by atoms with Gasteiger partial charge in [-0.25, -0.2) is 4.79 Å². The molecular weight excluding hydrogens is 202 g/mol. The molecule has 0 aromatic carbocycles. The largest absolute Gasteiger partial charge is 0.478 e. The minimum atomic E-state index is -0.781. The number of unbranched alkanes of at least 4 members (excludes halogenated alkanes) is 1. The zero-order valence-electron chi connectivity index (χ0n) is 9.98. The van der Waals surface area contributed by atoms with Crippen LogP contribution in [-0.2, 0) is 4.79 Å². The molecule has 0 aromatic rings. The molecule has 2 atom stereocenters. The summed E-state index contributed by atoms with van der Waals surface area (Å²) < 4.78 is 0. The third-order valence-corrected chi connectivity index (χ3v) is 3.86. The Hall–Kier alpha value is -0.830. The van der Waals surface area contributed by atoms with Crippen molar-refractivity contribution in [2.75, 3.05) is 6.54 Å². The van der Waals surface area contributed by atoms with E-state index in [-0.39, 0.29) is 0 Å². The van der Waals surface area contributed by atoms with Crippen LogP contribution in [0, 0.1) is 0 Å². The van der Waals surface area contributed by atoms with Crippen LogP contribution in [0.15, 0.2) is 11.6 Å². The standard InChI is InChI=1S/C13H21NO2/c1-2-3-6-14-11-4-5-12(14)8-10(7-11)9-13(15)16/h9,11-12H,2-8H2,1H3,(H,15,16). The number of piperidine rings is 1. The quantitative estimate of drug-likeness (QED) is 0.744. The van der Waals surface area contributed by atoms with Crippen LogP contribution < -0.4 is 0 Å². The first-order valence-corrected chi connectivity index (χ1v) is 6.38. The third-order valence-electron chi connectivity index (χ3n) is 3.86. The Morgan fingerprint density at radius 1 is 1.44 bits per heavy atom. The van der Waals surface area contributed by atoms with Crippen LogP contribution in [0.3, 0.4) is 0 Å². The van der Waals surface area contributed by atoms with Gasteiger partial charge in [-0.05, 0) is 38.6 Å². The van der Waals surface area contributed by atoms with Gasteiger partial charge in [-0.1, -0.05) is 18.9 Å². The van der Waals surface area contributed by atoms with Crippen molar-refractivity contribution in [2.24, 2.45) is 0 Å². The second-order valence-corrected chi connectivity index (χ2v) is 5.03. The summed E-state index contributed by atoms with van der Waals surface area (Å²) in [6, 6.07) is 1.24. The van der Waals surface area contributed by atoms with Gasteiger partial charge in [-0.15, -0.1) is 0 Å². The Balaban J connectivity index is 1.98. The normalized spacial score (nSPS) is 29.4. The highest BCUT2D eigenvalue weighted by molar-refractivity contribution is 5.80. The van der Waals surface area contributed by atoms with Crippen molar-refractivity contribution in [2.45, 2.75) is 57.5 Å². The summed E-state index contributed by atoms with van der Waals surface area (Å²) >= 11 is 0. The monoisotopic (exact) mass is 223 g/mol. The molecule has 0 aliphatic carbocycles. The van der Waals surface area contributed by atoms with Gasteiger partial charge >= 0.3 is 5.97 Å². The lowest BCUT2D eigenvalue weighted by Gasteiger charge is -2.36. The molecule has 2 unspecified atom stereocenters. The molecule has 2 aliphatic rings. The van der Waals surface area contributed by atoms with Crippen molar-refractivity contribution in [3.63, 3.8) is 0 Å². The highest BCUT2D eigenvalue weighted by Crippen LogP contribution is 2.38. The fourth-order valence-electron chi connectivity index (χ4n) is 3.14. The van der Waals surface area contributed by atoms with Crippen molar-refractivity contribution < 1.29 is 9.90 Å². The van der Waals surface area contributed by atoms with Crippen LogP contribution in [0.25, 0.3) is 0 Å². The average Bonchev–Trinajstić information content (AvgIpc) is 2.46. The van der Waals surface area contributed by atoms with E-state index >= 15 is 0 Å². The molecule has 2 rings (SSSR count). The number of aliphatic carboxylic acids is 1. The summed E-state index contributed by atoms with van der Waals surface area (Å²) in [5.41, 5.74) is 1.15. The van der Waals surface area contributed by atoms with E-state index in [0.29, 0.717) is 12.1 Å². The predicted molar refractivity (Wildman–Crippen MR) is 63.4 cm³/mol. The van der Waals surface area contributed by atoms with Crippen molar-refractivity contribution in [1.82, 2.24) is 4.90 Å². The lowest BCUT2D eigenvalue weighted by Crippen LogP contribution is -2.41. The highest BCUT2D eigenvalue weighted by atomic mass is 16.4. The van der Waals surface area contributed by atoms with Crippen molar-refractivity contribution in [3.8, 4) is 0 Å². The van der Waals surface area contributed by atoms with E-state index in [9.17, 15) is 4.79 Å². The first-order valence-electron chi connectivity index (χ1n) is 6.38. The number of nitrogens with zero attached hydrogens (tertiary/aromatic N) is 1. The van der Waals surface area contributed by atoms with Gasteiger partial charge in [0.05, 0.1) is 0 Å². The molecule has 3 heteroatoms. The summed E-state index contributed by atoms with van der Waals surface area (Å²) in [6.45, 7) is 3.42. The first kappa shape index (κ1) is 11.6. The van der Waals surface area contributed by atoms with E-state index in [1.165, 1.54) is 38.3 Å². The van der Waals surface area contributed by atoms with Gasteiger partial charge < -0.3 is 5.11 Å². The van der Waals surface area contributed by atoms with Crippen molar-refractivity contribution >= 4 is 5.97 Å². The minimum Gasteiger partial charge on any atom is -0.478 e. The van der Waals surface area contributed by atoms with Crippen LogP contribution in [0.1, 0.15) is 45.4 Å². The molecule has 3 nitrogen and oxygen atoms in total. The van der Waals surface area contributed by atoms with E-state index in [1.807, 2.05) is 0 Å². The molecule has 2 fully saturated rings. The molecule has 2 saturated heterocycles. The van der Waals surface area contributed by atoms with Gasteiger partial charge in [0.25, 0.3) is 0 Å². The Labute approximate surface area is 97.1 Å². The van der Waals surface area contributed by atoms with Crippen LogP contribution >= 0.6 is 0 Å². The maximum absolute atomic E-state index is 10.7. The molecule has 90 valence electrons. The highest BCUT2D eigenvalue weighted by Gasteiger charge is 2.37. The van der Waals surface area contributed by atoms with Crippen LogP contribution in [0.5, 0.6) is 0 Å². The van der Waals surface area contributed by atoms with E-state index in [4.69, 9.17) is 5.11 Å². The van der Waals surface area contributed by atoms with Gasteiger partial charge in [0.1, 0.15) is 0 Å². The van der Waals surface area contributed by atoms with E-state index in [2.05, 4.69) is 11.8 Å². The first-order chi connectivity index (χ1) is 7.70. The molecule has 16 heavy (non-hydrogen) atoms. The fraction of sp³-hybridized carbons (Fsp3) is 0.769. The second kappa shape index (κ2) is 5.00. The number of hydrogen-bond acceptors (Lipinski definition) is 2. The van der Waals surface area contributed by atoms with E-state index in [0.717, 1.165) is 18.4 Å². The van der Waals surface area contributed by atoms with E-state index < -0.39 is 5.97 Å². The predicted octanol–water partition coefficient (Wildman–Crippen LogP) is 2.42. The SMILES string of the molecule is CCCCN1C2CCC1CC(=CC(=O)O)C2. The summed E-state index contributed by atoms with van der Waals surface area (Å²) in [4.78, 5) is 13.3. The van der Waals surface area contributed by atoms with Crippen LogP contribution in [-0.4, -0.2) is 34.6 Å². The molecule has 0 radical (unpaired) electrons. The molecule has 0 saturated carbocycles. The lowest BCUT2D eigenvalue weighted by molar-refractivity contribution is -0.131. The van der Waals surface area contributed by atoms with Gasteiger partial charge in [-0.3, -0.25) is 4.90 Å². The Morgan fingerprint density at radius 3 is 2.56 bits per heavy atom. The number of fused-ring (bicyclic) bond motifs is 2. The molecule has 0 spiro atoms. The van der Waals surface area contributed by atoms with Crippen molar-refractivity contribution in [1.29, 1.82) is 0 Å². The van der Waals surface area contributed by atoms with Crippen LogP contribution in [0.2, 0.25) is 0 Å². The molecular formula is C13H21NO2. The number of carboxylic acids is 1. The molecule has 2 bridgehead atoms. The van der Waals surface area contributed by atoms with Gasteiger partial charge in [0.2, 0.25) is 0 Å². The summed E-state index contributed by atoms with van der Waals surface area (Å²) in [6.07, 6.45) is 8.41. The smallest absolute Gasteiger partial charge is 0.328 e. The molecule has 0 amide bonds. The van der Waals surface area contributed by atoms with Gasteiger partial charge in [-0.2, -0.15) is 0 Å². The Bertz CT molecular complexity index is 282. The molecule has 0 aromatic heterocycles. The maximum Gasteiger partial charge on any atom is 0.328 e. The topological polar surface area (TPSA) is 40.5 Å². The number of rotatable bonds is 4. The molecule has 1 N–H and O–H groups in total. The Morgan fingerprint density at radius 2 is 2.06 bits per heavy atom. The zero-order chi connectivity index (χ0) is 11.5.